The molecule has 0 bridgehead atoms. The Morgan fingerprint density at radius 2 is 0.682 bits per heavy atom. The molecule has 0 aliphatic carbocycles. The van der Waals surface area contributed by atoms with Crippen molar-refractivity contribution in [3.63, 3.8) is 0 Å². The molecule has 21 rings (SSSR count). The van der Waals surface area contributed by atoms with Gasteiger partial charge in [0.25, 0.3) is 0 Å². The second-order valence-corrected chi connectivity index (χ2v) is 31.3. The maximum atomic E-state index is 10.3. The van der Waals surface area contributed by atoms with Crippen LogP contribution in [0.2, 0.25) is 0 Å². The lowest BCUT2D eigenvalue weighted by molar-refractivity contribution is 0.590. The molecule has 5 heterocycles. The summed E-state index contributed by atoms with van der Waals surface area (Å²) in [6.07, 6.45) is 0. The molecule has 0 N–H and O–H groups in total. The highest BCUT2D eigenvalue weighted by molar-refractivity contribution is 6.25. The number of aromatic nitrogens is 3. The SMILES string of the molecule is [2H]c1c([2H])c([2H])c2c(c1[2H])c1c([2H])c([2H])c([2H])c([2H])c1n2-c1cc2c3c(c1)N(c1c(-c4ccccc4)cc4c(c1-c1ccccc1)c1ccccc1n4-c1ccccc1)c1cc(C(C)(C)C)ccc1C3c1cc(-c3cccc(C(C)(C)C)c3)ccc1N2c1c(-c2ccccc2)cc2c(c1-c1ccccc1)c1ccccc1n2-c1ccccc1. The summed E-state index contributed by atoms with van der Waals surface area (Å²) in [6, 6.07) is 110. The van der Waals surface area contributed by atoms with E-state index in [-0.39, 0.29) is 27.2 Å². The number of benzene rings is 16. The summed E-state index contributed by atoms with van der Waals surface area (Å²) in [5.74, 6) is -0.558. The molecular formula is C105H79N5. The van der Waals surface area contributed by atoms with Crippen LogP contribution in [0.4, 0.5) is 34.1 Å². The predicted molar refractivity (Wildman–Crippen MR) is 464 cm³/mol. The van der Waals surface area contributed by atoms with Crippen LogP contribution in [0.5, 0.6) is 0 Å². The van der Waals surface area contributed by atoms with Crippen LogP contribution < -0.4 is 9.80 Å². The standard InChI is InChI=1S/C105H79N5/c1-104(2,3)73-43-33-42-71(60-73)72-56-59-90-85(61-72)98-82-58-57-74(105(4,5)6)62-91(82)110(103-84(68-36-15-8-16-37-68)66-95-100(97(103)70-40-19-10-20-41-70)81-51-28-32-55-89(81)107(95)76-46-23-12-24-47-76)93-64-77(108-86-52-29-25-48-78(86)79-49-26-30-53-87(79)108)63-92(101(93)98)109(90)102-83(67-34-13-7-14-35-67)65-94-99(96(102)69-38-17-9-18-39-69)80-50-27-31-54-88(80)106(94)75-44-21-11-22-45-75/h7-66,98H,1-6H3/i25D,26D,29D,30D,48D,49D,52D,53D. The maximum absolute atomic E-state index is 10.3. The summed E-state index contributed by atoms with van der Waals surface area (Å²) in [5, 5.41) is 4.08. The first-order chi connectivity index (χ1) is 57.2. The van der Waals surface area contributed by atoms with Crippen molar-refractivity contribution in [2.24, 2.45) is 0 Å². The van der Waals surface area contributed by atoms with Crippen molar-refractivity contribution >= 4 is 99.5 Å². The molecule has 0 saturated heterocycles. The van der Waals surface area contributed by atoms with Gasteiger partial charge in [0.05, 0.1) is 83.9 Å². The van der Waals surface area contributed by atoms with E-state index in [2.05, 4.69) is 376 Å². The number of para-hydroxylation sites is 6. The van der Waals surface area contributed by atoms with Crippen molar-refractivity contribution in [3.8, 4) is 72.7 Å². The van der Waals surface area contributed by atoms with E-state index in [4.69, 9.17) is 0 Å². The molecule has 16 aromatic carbocycles. The third-order valence-corrected chi connectivity index (χ3v) is 22.9. The van der Waals surface area contributed by atoms with E-state index in [1.165, 1.54) is 5.56 Å². The Kier molecular flexibility index (Phi) is 12.9. The Morgan fingerprint density at radius 1 is 0.273 bits per heavy atom. The van der Waals surface area contributed by atoms with Gasteiger partial charge in [0.2, 0.25) is 0 Å². The zero-order valence-corrected chi connectivity index (χ0v) is 61.8. The van der Waals surface area contributed by atoms with Gasteiger partial charge in [-0.15, -0.1) is 0 Å². The van der Waals surface area contributed by atoms with Crippen LogP contribution in [0, 0.1) is 0 Å². The summed E-state index contributed by atoms with van der Waals surface area (Å²) in [5.41, 5.74) is 25.8. The van der Waals surface area contributed by atoms with E-state index in [9.17, 15) is 11.0 Å². The van der Waals surface area contributed by atoms with Crippen LogP contribution in [0.1, 0.15) is 86.2 Å². The monoisotopic (exact) mass is 1420 g/mol. The van der Waals surface area contributed by atoms with Crippen LogP contribution >= 0.6 is 0 Å². The predicted octanol–water partition coefficient (Wildman–Crippen LogP) is 28.7. The minimum atomic E-state index is -0.558. The highest BCUT2D eigenvalue weighted by Gasteiger charge is 2.45. The van der Waals surface area contributed by atoms with Crippen molar-refractivity contribution < 1.29 is 11.0 Å². The highest BCUT2D eigenvalue weighted by Crippen LogP contribution is 2.66. The number of hydrogen-bond acceptors (Lipinski definition) is 2. The largest absolute Gasteiger partial charge is 0.309 e. The molecule has 1 unspecified atom stereocenters. The summed E-state index contributed by atoms with van der Waals surface area (Å²) < 4.78 is 85.4. The molecule has 1 atom stereocenters. The average Bonchev–Trinajstić information content (AvgIpc) is 1.06. The molecule has 0 amide bonds. The number of rotatable bonds is 10. The lowest BCUT2D eigenvalue weighted by atomic mass is 9.73. The number of fused-ring (bicyclic) bond motifs is 13. The van der Waals surface area contributed by atoms with Crippen molar-refractivity contribution in [2.45, 2.75) is 58.3 Å². The van der Waals surface area contributed by atoms with E-state index in [0.29, 0.717) is 5.69 Å². The van der Waals surface area contributed by atoms with Gasteiger partial charge in [-0.1, -0.05) is 314 Å². The fourth-order valence-electron chi connectivity index (χ4n) is 17.9. The molecule has 2 aliphatic rings. The Balaban J connectivity index is 1.03. The Bertz CT molecular complexity index is 7330. The van der Waals surface area contributed by atoms with Crippen molar-refractivity contribution in [1.29, 1.82) is 0 Å². The molecule has 19 aromatic rings. The molecule has 0 saturated carbocycles. The highest BCUT2D eigenvalue weighted by atomic mass is 15.2. The number of hydrogen-bond donors (Lipinski definition) is 0. The van der Waals surface area contributed by atoms with Gasteiger partial charge >= 0.3 is 0 Å². The number of nitrogens with zero attached hydrogens (tertiary/aromatic N) is 5. The van der Waals surface area contributed by atoms with E-state index >= 15 is 0 Å². The summed E-state index contributed by atoms with van der Waals surface area (Å²) in [7, 11) is 0. The summed E-state index contributed by atoms with van der Waals surface area (Å²) in [4.78, 5) is 4.99. The Labute approximate surface area is 652 Å². The van der Waals surface area contributed by atoms with Crippen LogP contribution in [0.3, 0.4) is 0 Å². The van der Waals surface area contributed by atoms with Crippen LogP contribution in [-0.4, -0.2) is 13.7 Å². The zero-order chi connectivity index (χ0) is 80.6. The van der Waals surface area contributed by atoms with Gasteiger partial charge in [-0.3, -0.25) is 0 Å². The topological polar surface area (TPSA) is 21.3 Å². The normalized spacial score (nSPS) is 14.4. The van der Waals surface area contributed by atoms with Crippen molar-refractivity contribution in [1.82, 2.24) is 13.7 Å². The van der Waals surface area contributed by atoms with E-state index in [1.807, 2.05) is 0 Å². The molecule has 3 aromatic heterocycles. The average molecular weight is 1420 g/mol. The summed E-state index contributed by atoms with van der Waals surface area (Å²) >= 11 is 0. The van der Waals surface area contributed by atoms with Gasteiger partial charge in [0, 0.05) is 77.4 Å². The molecular weight excluding hydrogens is 1330 g/mol. The molecule has 0 radical (unpaired) electrons. The second kappa shape index (κ2) is 25.1. The van der Waals surface area contributed by atoms with Crippen LogP contribution in [0.15, 0.2) is 364 Å². The zero-order valence-electron chi connectivity index (χ0n) is 69.8. The van der Waals surface area contributed by atoms with Gasteiger partial charge in [0.1, 0.15) is 0 Å². The van der Waals surface area contributed by atoms with Gasteiger partial charge in [-0.05, 0) is 157 Å². The quantitative estimate of drug-likeness (QED) is 0.136. The second-order valence-electron chi connectivity index (χ2n) is 31.3. The third kappa shape index (κ3) is 10.1. The van der Waals surface area contributed by atoms with Crippen LogP contribution in [0.25, 0.3) is 138 Å². The molecule has 0 fully saturated rings. The van der Waals surface area contributed by atoms with E-state index < -0.39 is 59.7 Å². The first-order valence-corrected chi connectivity index (χ1v) is 37.9. The van der Waals surface area contributed by atoms with E-state index in [0.717, 1.165) is 167 Å². The Morgan fingerprint density at radius 3 is 1.17 bits per heavy atom. The van der Waals surface area contributed by atoms with Gasteiger partial charge in [-0.2, -0.15) is 0 Å². The lowest BCUT2D eigenvalue weighted by Crippen LogP contribution is -2.31. The first-order valence-electron chi connectivity index (χ1n) is 41.9. The Hall–Kier alpha value is -13.5. The lowest BCUT2D eigenvalue weighted by Gasteiger charge is -2.47. The molecule has 0 spiro atoms. The summed E-state index contributed by atoms with van der Waals surface area (Å²) in [6.45, 7) is 13.6. The van der Waals surface area contributed by atoms with Gasteiger partial charge in [0.15, 0.2) is 0 Å². The fraction of sp³-hybridized carbons (Fsp3) is 0.0857. The number of anilines is 6. The molecule has 110 heavy (non-hydrogen) atoms. The van der Waals surface area contributed by atoms with Gasteiger partial charge in [-0.25, -0.2) is 0 Å². The van der Waals surface area contributed by atoms with E-state index in [1.54, 1.807) is 4.57 Å². The maximum Gasteiger partial charge on any atom is 0.0645 e. The minimum Gasteiger partial charge on any atom is -0.309 e. The molecule has 524 valence electrons. The minimum absolute atomic E-state index is 0.00884. The molecule has 2 aliphatic heterocycles. The molecule has 5 heteroatoms. The van der Waals surface area contributed by atoms with Crippen molar-refractivity contribution in [2.75, 3.05) is 9.80 Å². The third-order valence-electron chi connectivity index (χ3n) is 22.9. The van der Waals surface area contributed by atoms with Crippen LogP contribution in [-0.2, 0) is 10.8 Å². The van der Waals surface area contributed by atoms with Gasteiger partial charge < -0.3 is 23.5 Å². The fourth-order valence-corrected chi connectivity index (χ4v) is 17.9. The smallest absolute Gasteiger partial charge is 0.0645 e. The first kappa shape index (κ1) is 56.8. The van der Waals surface area contributed by atoms with Crippen molar-refractivity contribution in [3.05, 3.63) is 392 Å². The molecule has 5 nitrogen and oxygen atoms in total.